The Hall–Kier alpha value is -1.98. The second-order valence-corrected chi connectivity index (χ2v) is 3.96. The molecule has 5 nitrogen and oxygen atoms in total. The third-order valence-corrected chi connectivity index (χ3v) is 2.88. The number of rotatable bonds is 2. The monoisotopic (exact) mass is 238 g/mol. The number of nitrogens with one attached hydrogen (secondary N) is 1. The minimum atomic E-state index is -0.968. The number of halogens is 1. The molecule has 1 aliphatic rings. The lowest BCUT2D eigenvalue weighted by molar-refractivity contribution is -0.529. The van der Waals surface area contributed by atoms with Crippen molar-refractivity contribution < 1.29 is 14.1 Å². The Morgan fingerprint density at radius 3 is 2.76 bits per heavy atom. The molecule has 1 heterocycles. The summed E-state index contributed by atoms with van der Waals surface area (Å²) in [7, 11) is 0. The van der Waals surface area contributed by atoms with E-state index < -0.39 is 22.8 Å². The van der Waals surface area contributed by atoms with E-state index in [1.54, 1.807) is 6.07 Å². The Morgan fingerprint density at radius 1 is 1.41 bits per heavy atom. The average molecular weight is 238 g/mol. The highest BCUT2D eigenvalue weighted by Gasteiger charge is 2.39. The first-order valence-corrected chi connectivity index (χ1v) is 5.27. The van der Waals surface area contributed by atoms with Gasteiger partial charge in [-0.25, -0.2) is 4.39 Å². The second kappa shape index (κ2) is 4.48. The summed E-state index contributed by atoms with van der Waals surface area (Å²) < 4.78 is 13.6. The summed E-state index contributed by atoms with van der Waals surface area (Å²) in [4.78, 5) is 21.7. The number of nitrogens with zero attached hydrogens (tertiary/aromatic N) is 1. The third kappa shape index (κ3) is 2.25. The van der Waals surface area contributed by atoms with Crippen molar-refractivity contribution in [1.82, 2.24) is 5.32 Å². The molecule has 1 N–H and O–H groups in total. The van der Waals surface area contributed by atoms with E-state index in [0.717, 1.165) is 0 Å². The fourth-order valence-corrected chi connectivity index (χ4v) is 2.03. The van der Waals surface area contributed by atoms with Gasteiger partial charge in [-0.3, -0.25) is 14.9 Å². The van der Waals surface area contributed by atoms with Crippen LogP contribution in [0.1, 0.15) is 24.4 Å². The zero-order chi connectivity index (χ0) is 12.4. The lowest BCUT2D eigenvalue weighted by atomic mass is 9.92. The fourth-order valence-electron chi connectivity index (χ4n) is 2.03. The Bertz CT molecular complexity index is 464. The van der Waals surface area contributed by atoms with Crippen LogP contribution in [0.4, 0.5) is 4.39 Å². The Kier molecular flexibility index (Phi) is 3.03. The molecule has 1 aromatic rings. The highest BCUT2D eigenvalue weighted by molar-refractivity contribution is 5.77. The molecule has 0 radical (unpaired) electrons. The number of piperidine rings is 1. The van der Waals surface area contributed by atoms with E-state index >= 15 is 0 Å². The number of hydrogen-bond acceptors (Lipinski definition) is 3. The minimum Gasteiger partial charge on any atom is -0.342 e. The van der Waals surface area contributed by atoms with E-state index in [1.165, 1.54) is 18.2 Å². The first kappa shape index (κ1) is 11.5. The van der Waals surface area contributed by atoms with Gasteiger partial charge in [0.05, 0.1) is 0 Å². The number of benzene rings is 1. The molecule has 6 heteroatoms. The van der Waals surface area contributed by atoms with Crippen LogP contribution in [0, 0.1) is 15.9 Å². The van der Waals surface area contributed by atoms with Gasteiger partial charge in [0.25, 0.3) is 0 Å². The molecule has 0 aliphatic carbocycles. The summed E-state index contributed by atoms with van der Waals surface area (Å²) in [6.07, 6.45) is 0.244. The molecule has 1 amide bonds. The molecule has 1 aliphatic heterocycles. The third-order valence-electron chi connectivity index (χ3n) is 2.88. The number of carbonyl (C=O) groups is 1. The van der Waals surface area contributed by atoms with Crippen LogP contribution in [0.3, 0.4) is 0 Å². The lowest BCUT2D eigenvalue weighted by Gasteiger charge is -2.26. The zero-order valence-electron chi connectivity index (χ0n) is 8.93. The van der Waals surface area contributed by atoms with Gasteiger partial charge >= 0.3 is 0 Å². The SMILES string of the molecule is O=C1CC[C@H]([N+](=O)[O-])[C@H](c2ccccc2F)N1. The standard InChI is InChI=1S/C11H11FN2O3/c12-8-4-2-1-3-7(8)11-9(14(16)17)5-6-10(15)13-11/h1-4,9,11H,5-6H2,(H,13,15)/t9-,11-/m0/s1. The van der Waals surface area contributed by atoms with Crippen molar-refractivity contribution >= 4 is 5.91 Å². The number of carbonyl (C=O) groups excluding carboxylic acids is 1. The van der Waals surface area contributed by atoms with Crippen LogP contribution in [0.25, 0.3) is 0 Å². The van der Waals surface area contributed by atoms with Gasteiger partial charge in [0.2, 0.25) is 11.9 Å². The van der Waals surface area contributed by atoms with Crippen LogP contribution in [0.5, 0.6) is 0 Å². The molecule has 2 rings (SSSR count). The predicted octanol–water partition coefficient (Wildman–Crippen LogP) is 1.42. The van der Waals surface area contributed by atoms with Crippen molar-refractivity contribution in [2.45, 2.75) is 24.9 Å². The molecule has 1 saturated heterocycles. The van der Waals surface area contributed by atoms with Crippen LogP contribution >= 0.6 is 0 Å². The van der Waals surface area contributed by atoms with Crippen molar-refractivity contribution in [1.29, 1.82) is 0 Å². The summed E-state index contributed by atoms with van der Waals surface area (Å²) in [5.41, 5.74) is 0.169. The van der Waals surface area contributed by atoms with Crippen LogP contribution in [-0.4, -0.2) is 16.9 Å². The fraction of sp³-hybridized carbons (Fsp3) is 0.364. The highest BCUT2D eigenvalue weighted by Crippen LogP contribution is 2.27. The highest BCUT2D eigenvalue weighted by atomic mass is 19.1. The topological polar surface area (TPSA) is 72.2 Å². The molecule has 17 heavy (non-hydrogen) atoms. The quantitative estimate of drug-likeness (QED) is 0.625. The summed E-state index contributed by atoms with van der Waals surface area (Å²) in [5, 5.41) is 13.4. The van der Waals surface area contributed by atoms with E-state index in [2.05, 4.69) is 5.32 Å². The van der Waals surface area contributed by atoms with Crippen LogP contribution in [0.15, 0.2) is 24.3 Å². The molecule has 0 saturated carbocycles. The molecule has 0 bridgehead atoms. The van der Waals surface area contributed by atoms with Gasteiger partial charge < -0.3 is 5.32 Å². The minimum absolute atomic E-state index is 0.108. The molecule has 0 aromatic heterocycles. The van der Waals surface area contributed by atoms with Crippen LogP contribution in [-0.2, 0) is 4.79 Å². The maximum Gasteiger partial charge on any atom is 0.237 e. The first-order chi connectivity index (χ1) is 8.09. The lowest BCUT2D eigenvalue weighted by Crippen LogP contribution is -2.45. The van der Waals surface area contributed by atoms with E-state index in [4.69, 9.17) is 0 Å². The van der Waals surface area contributed by atoms with E-state index in [-0.39, 0.29) is 24.3 Å². The second-order valence-electron chi connectivity index (χ2n) is 3.96. The zero-order valence-corrected chi connectivity index (χ0v) is 8.93. The Balaban J connectivity index is 2.35. The maximum absolute atomic E-state index is 13.6. The molecular formula is C11H11FN2O3. The predicted molar refractivity (Wildman–Crippen MR) is 57.3 cm³/mol. The van der Waals surface area contributed by atoms with Gasteiger partial charge in [0.1, 0.15) is 11.9 Å². The van der Waals surface area contributed by atoms with Crippen LogP contribution in [0.2, 0.25) is 0 Å². The van der Waals surface area contributed by atoms with Gasteiger partial charge in [-0.05, 0) is 6.07 Å². The summed E-state index contributed by atoms with van der Waals surface area (Å²) in [6.45, 7) is 0. The van der Waals surface area contributed by atoms with Gasteiger partial charge in [-0.15, -0.1) is 0 Å². The number of nitro groups is 1. The van der Waals surface area contributed by atoms with Gasteiger partial charge in [-0.2, -0.15) is 0 Å². The van der Waals surface area contributed by atoms with Crippen molar-refractivity contribution in [3.63, 3.8) is 0 Å². The maximum atomic E-state index is 13.6. The Labute approximate surface area is 96.8 Å². The summed E-state index contributed by atoms with van der Waals surface area (Å²) in [5.74, 6) is -0.817. The molecule has 1 fully saturated rings. The smallest absolute Gasteiger partial charge is 0.237 e. The summed E-state index contributed by atoms with van der Waals surface area (Å²) in [6, 6.07) is 3.94. The normalized spacial score (nSPS) is 24.2. The van der Waals surface area contributed by atoms with Crippen molar-refractivity contribution in [2.75, 3.05) is 0 Å². The van der Waals surface area contributed by atoms with Crippen LogP contribution < -0.4 is 5.32 Å². The largest absolute Gasteiger partial charge is 0.342 e. The van der Waals surface area contributed by atoms with Gasteiger partial charge in [0, 0.05) is 23.3 Å². The number of hydrogen-bond donors (Lipinski definition) is 1. The molecule has 0 spiro atoms. The first-order valence-electron chi connectivity index (χ1n) is 5.27. The van der Waals surface area contributed by atoms with Gasteiger partial charge in [-0.1, -0.05) is 18.2 Å². The average Bonchev–Trinajstić information content (AvgIpc) is 2.29. The van der Waals surface area contributed by atoms with E-state index in [0.29, 0.717) is 0 Å². The van der Waals surface area contributed by atoms with E-state index in [1.807, 2.05) is 0 Å². The van der Waals surface area contributed by atoms with Gasteiger partial charge in [0.15, 0.2) is 0 Å². The Morgan fingerprint density at radius 2 is 2.12 bits per heavy atom. The van der Waals surface area contributed by atoms with Crippen molar-refractivity contribution in [2.24, 2.45) is 0 Å². The molecular weight excluding hydrogens is 227 g/mol. The van der Waals surface area contributed by atoms with Crippen molar-refractivity contribution in [3.05, 3.63) is 45.8 Å². The molecule has 0 unspecified atom stereocenters. The number of amides is 1. The molecule has 90 valence electrons. The molecule has 1 aromatic carbocycles. The van der Waals surface area contributed by atoms with E-state index in [9.17, 15) is 19.3 Å². The summed E-state index contributed by atoms with van der Waals surface area (Å²) >= 11 is 0. The van der Waals surface area contributed by atoms with Crippen molar-refractivity contribution in [3.8, 4) is 0 Å². The molecule has 2 atom stereocenters.